The van der Waals surface area contributed by atoms with Gasteiger partial charge in [-0.25, -0.2) is 4.98 Å². The molecule has 2 aromatic rings. The Morgan fingerprint density at radius 2 is 2.10 bits per heavy atom. The summed E-state index contributed by atoms with van der Waals surface area (Å²) in [5.74, 6) is -0.0845. The van der Waals surface area contributed by atoms with Crippen molar-refractivity contribution in [2.75, 3.05) is 6.54 Å². The van der Waals surface area contributed by atoms with Gasteiger partial charge in [0.1, 0.15) is 4.88 Å². The number of benzene rings is 1. The number of carbonyl (C=O) groups is 1. The van der Waals surface area contributed by atoms with Crippen molar-refractivity contribution >= 4 is 17.2 Å². The van der Waals surface area contributed by atoms with Crippen LogP contribution in [0.25, 0.3) is 0 Å². The van der Waals surface area contributed by atoms with Crippen LogP contribution >= 0.6 is 11.3 Å². The standard InChI is InChI=1S/C16H21N3OS/c1-3-7-14-19-11(2)15(21-14)16(20)18-10-13(17)12-8-5-4-6-9-12/h4-6,8-9,13H,3,7,10,17H2,1-2H3,(H,18,20). The third-order valence-electron chi connectivity index (χ3n) is 3.22. The molecule has 1 atom stereocenters. The number of rotatable bonds is 6. The Balaban J connectivity index is 1.95. The molecule has 1 unspecified atom stereocenters. The van der Waals surface area contributed by atoms with Crippen LogP contribution in [0.4, 0.5) is 0 Å². The van der Waals surface area contributed by atoms with E-state index in [1.54, 1.807) is 0 Å². The summed E-state index contributed by atoms with van der Waals surface area (Å²) in [5, 5.41) is 3.92. The second kappa shape index (κ2) is 7.33. The smallest absolute Gasteiger partial charge is 0.263 e. The third kappa shape index (κ3) is 4.12. The fourth-order valence-electron chi connectivity index (χ4n) is 2.08. The Hall–Kier alpha value is -1.72. The summed E-state index contributed by atoms with van der Waals surface area (Å²) < 4.78 is 0. The zero-order valence-electron chi connectivity index (χ0n) is 12.4. The molecule has 0 aliphatic carbocycles. The average Bonchev–Trinajstić information content (AvgIpc) is 2.86. The lowest BCUT2D eigenvalue weighted by Crippen LogP contribution is -2.31. The summed E-state index contributed by atoms with van der Waals surface area (Å²) in [6, 6.07) is 9.58. The number of amides is 1. The van der Waals surface area contributed by atoms with Gasteiger partial charge in [0.05, 0.1) is 10.7 Å². The van der Waals surface area contributed by atoms with Gasteiger partial charge in [-0.3, -0.25) is 4.79 Å². The largest absolute Gasteiger partial charge is 0.349 e. The van der Waals surface area contributed by atoms with Crippen LogP contribution in [0.1, 0.15) is 45.3 Å². The highest BCUT2D eigenvalue weighted by Crippen LogP contribution is 2.19. The van der Waals surface area contributed by atoms with Crippen LogP contribution in [-0.4, -0.2) is 17.4 Å². The summed E-state index contributed by atoms with van der Waals surface area (Å²) in [7, 11) is 0. The molecule has 1 aromatic carbocycles. The summed E-state index contributed by atoms with van der Waals surface area (Å²) in [4.78, 5) is 17.3. The first-order valence-electron chi connectivity index (χ1n) is 7.16. The normalized spacial score (nSPS) is 12.1. The number of carbonyl (C=O) groups excluding carboxylic acids is 1. The van der Waals surface area contributed by atoms with Crippen LogP contribution in [0.15, 0.2) is 30.3 Å². The zero-order chi connectivity index (χ0) is 15.2. The van der Waals surface area contributed by atoms with E-state index in [4.69, 9.17) is 5.73 Å². The van der Waals surface area contributed by atoms with Gasteiger partial charge in [-0.05, 0) is 25.3 Å². The molecule has 1 aromatic heterocycles. The molecule has 1 amide bonds. The Labute approximate surface area is 129 Å². The van der Waals surface area contributed by atoms with E-state index < -0.39 is 0 Å². The van der Waals surface area contributed by atoms with Crippen LogP contribution in [0.2, 0.25) is 0 Å². The Bertz CT molecular complexity index is 595. The molecule has 2 rings (SSSR count). The van der Waals surface area contributed by atoms with Gasteiger partial charge in [0, 0.05) is 12.6 Å². The van der Waals surface area contributed by atoms with E-state index in [2.05, 4.69) is 17.2 Å². The minimum absolute atomic E-state index is 0.0845. The maximum Gasteiger partial charge on any atom is 0.263 e. The van der Waals surface area contributed by atoms with Crippen molar-refractivity contribution < 1.29 is 4.79 Å². The number of nitrogens with two attached hydrogens (primary N) is 1. The lowest BCUT2D eigenvalue weighted by molar-refractivity contribution is 0.0954. The molecule has 0 spiro atoms. The number of hydrogen-bond donors (Lipinski definition) is 2. The van der Waals surface area contributed by atoms with Crippen molar-refractivity contribution in [2.24, 2.45) is 5.73 Å². The molecule has 4 nitrogen and oxygen atoms in total. The van der Waals surface area contributed by atoms with Gasteiger partial charge < -0.3 is 11.1 Å². The molecule has 1 heterocycles. The van der Waals surface area contributed by atoms with E-state index >= 15 is 0 Å². The highest BCUT2D eigenvalue weighted by Gasteiger charge is 2.16. The molecule has 0 radical (unpaired) electrons. The van der Waals surface area contributed by atoms with Crippen LogP contribution in [0, 0.1) is 6.92 Å². The Kier molecular flexibility index (Phi) is 5.47. The fourth-order valence-corrected chi connectivity index (χ4v) is 3.17. The molecule has 0 fully saturated rings. The van der Waals surface area contributed by atoms with E-state index in [-0.39, 0.29) is 11.9 Å². The molecule has 0 saturated carbocycles. The minimum atomic E-state index is -0.196. The Morgan fingerprint density at radius 1 is 1.38 bits per heavy atom. The predicted octanol–water partition coefficient (Wildman–Crippen LogP) is 2.83. The molecular formula is C16H21N3OS. The predicted molar refractivity (Wildman–Crippen MR) is 86.5 cm³/mol. The highest BCUT2D eigenvalue weighted by atomic mass is 32.1. The number of thiazole rings is 1. The average molecular weight is 303 g/mol. The minimum Gasteiger partial charge on any atom is -0.349 e. The first-order valence-corrected chi connectivity index (χ1v) is 7.98. The number of hydrogen-bond acceptors (Lipinski definition) is 4. The van der Waals surface area contributed by atoms with Gasteiger partial charge >= 0.3 is 0 Å². The van der Waals surface area contributed by atoms with Gasteiger partial charge in [0.25, 0.3) is 5.91 Å². The van der Waals surface area contributed by atoms with Gasteiger partial charge in [0.15, 0.2) is 0 Å². The zero-order valence-corrected chi connectivity index (χ0v) is 13.2. The summed E-state index contributed by atoms with van der Waals surface area (Å²) >= 11 is 1.48. The molecule has 0 saturated heterocycles. The van der Waals surface area contributed by atoms with E-state index in [9.17, 15) is 4.79 Å². The van der Waals surface area contributed by atoms with E-state index in [0.717, 1.165) is 29.1 Å². The molecule has 21 heavy (non-hydrogen) atoms. The highest BCUT2D eigenvalue weighted by molar-refractivity contribution is 7.13. The summed E-state index contributed by atoms with van der Waals surface area (Å²) in [6.07, 6.45) is 1.95. The number of aryl methyl sites for hydroxylation is 2. The molecule has 0 bridgehead atoms. The van der Waals surface area contributed by atoms with Gasteiger partial charge in [-0.1, -0.05) is 37.3 Å². The number of nitrogens with zero attached hydrogens (tertiary/aromatic N) is 1. The van der Waals surface area contributed by atoms with Crippen molar-refractivity contribution in [2.45, 2.75) is 32.7 Å². The second-order valence-electron chi connectivity index (χ2n) is 5.00. The molecule has 0 aliphatic heterocycles. The maximum absolute atomic E-state index is 12.2. The maximum atomic E-state index is 12.2. The van der Waals surface area contributed by atoms with Crippen LogP contribution in [-0.2, 0) is 6.42 Å². The van der Waals surface area contributed by atoms with Crippen molar-refractivity contribution in [3.05, 3.63) is 51.5 Å². The van der Waals surface area contributed by atoms with Crippen LogP contribution < -0.4 is 11.1 Å². The van der Waals surface area contributed by atoms with Crippen molar-refractivity contribution in [1.29, 1.82) is 0 Å². The molecule has 112 valence electrons. The quantitative estimate of drug-likeness (QED) is 0.862. The van der Waals surface area contributed by atoms with Gasteiger partial charge in [-0.2, -0.15) is 0 Å². The lowest BCUT2D eigenvalue weighted by atomic mass is 10.1. The molecule has 5 heteroatoms. The van der Waals surface area contributed by atoms with E-state index in [1.165, 1.54) is 11.3 Å². The fraction of sp³-hybridized carbons (Fsp3) is 0.375. The third-order valence-corrected chi connectivity index (χ3v) is 4.44. The lowest BCUT2D eigenvalue weighted by Gasteiger charge is -2.12. The summed E-state index contributed by atoms with van der Waals surface area (Å²) in [5.41, 5.74) is 7.90. The number of nitrogens with one attached hydrogen (secondary N) is 1. The van der Waals surface area contributed by atoms with Crippen molar-refractivity contribution in [1.82, 2.24) is 10.3 Å². The second-order valence-corrected chi connectivity index (χ2v) is 6.08. The number of aromatic nitrogens is 1. The van der Waals surface area contributed by atoms with Gasteiger partial charge in [-0.15, -0.1) is 11.3 Å². The SMILES string of the molecule is CCCc1nc(C)c(C(=O)NCC(N)c2ccccc2)s1. The van der Waals surface area contributed by atoms with Crippen LogP contribution in [0.5, 0.6) is 0 Å². The topological polar surface area (TPSA) is 68.0 Å². The van der Waals surface area contributed by atoms with Crippen molar-refractivity contribution in [3.63, 3.8) is 0 Å². The van der Waals surface area contributed by atoms with E-state index in [0.29, 0.717) is 11.4 Å². The monoisotopic (exact) mass is 303 g/mol. The van der Waals surface area contributed by atoms with Gasteiger partial charge in [0.2, 0.25) is 0 Å². The molecule has 0 aliphatic rings. The molecule has 3 N–H and O–H groups in total. The molecular weight excluding hydrogens is 282 g/mol. The van der Waals surface area contributed by atoms with E-state index in [1.807, 2.05) is 37.3 Å². The first-order chi connectivity index (χ1) is 10.1. The van der Waals surface area contributed by atoms with Crippen LogP contribution in [0.3, 0.4) is 0 Å². The summed E-state index contributed by atoms with van der Waals surface area (Å²) in [6.45, 7) is 4.40. The Morgan fingerprint density at radius 3 is 2.76 bits per heavy atom. The first kappa shape index (κ1) is 15.7. The van der Waals surface area contributed by atoms with Crippen molar-refractivity contribution in [3.8, 4) is 0 Å².